The Morgan fingerprint density at radius 3 is 2.77 bits per heavy atom. The number of rotatable bonds is 2. The highest BCUT2D eigenvalue weighted by molar-refractivity contribution is 6.08. The molecular formula is C20H21N3O3. The van der Waals surface area contributed by atoms with E-state index in [1.165, 1.54) is 11.9 Å². The Bertz CT molecular complexity index is 910. The Hall–Kier alpha value is -2.76. The number of carbonyl (C=O) groups is 3. The number of anilines is 1. The maximum Gasteiger partial charge on any atom is 0.233 e. The number of nitrogens with one attached hydrogen (secondary N) is 1. The molecule has 2 aliphatic rings. The lowest BCUT2D eigenvalue weighted by Gasteiger charge is -2.34. The molecule has 1 aromatic carbocycles. The van der Waals surface area contributed by atoms with Gasteiger partial charge in [0.15, 0.2) is 0 Å². The highest BCUT2D eigenvalue weighted by atomic mass is 16.2. The van der Waals surface area contributed by atoms with Gasteiger partial charge in [0.25, 0.3) is 0 Å². The van der Waals surface area contributed by atoms with Gasteiger partial charge in [-0.2, -0.15) is 0 Å². The van der Waals surface area contributed by atoms with Crippen molar-refractivity contribution in [1.82, 2.24) is 9.88 Å². The average Bonchev–Trinajstić information content (AvgIpc) is 2.85. The van der Waals surface area contributed by atoms with Crippen LogP contribution in [0.5, 0.6) is 0 Å². The van der Waals surface area contributed by atoms with Gasteiger partial charge in [0, 0.05) is 12.4 Å². The third kappa shape index (κ3) is 2.57. The smallest absolute Gasteiger partial charge is 0.233 e. The Kier molecular flexibility index (Phi) is 3.98. The van der Waals surface area contributed by atoms with E-state index >= 15 is 0 Å². The molecule has 1 N–H and O–H groups in total. The lowest BCUT2D eigenvalue weighted by atomic mass is 9.67. The summed E-state index contributed by atoms with van der Waals surface area (Å²) in [6.07, 6.45) is 3.06. The van der Waals surface area contributed by atoms with Gasteiger partial charge in [-0.05, 0) is 30.9 Å². The first kappa shape index (κ1) is 16.7. The molecule has 1 saturated heterocycles. The van der Waals surface area contributed by atoms with Gasteiger partial charge in [-0.25, -0.2) is 0 Å². The van der Waals surface area contributed by atoms with Crippen molar-refractivity contribution in [2.45, 2.75) is 19.8 Å². The van der Waals surface area contributed by atoms with Gasteiger partial charge in [-0.15, -0.1) is 0 Å². The van der Waals surface area contributed by atoms with Gasteiger partial charge in [0.1, 0.15) is 0 Å². The summed E-state index contributed by atoms with van der Waals surface area (Å²) in [5.41, 5.74) is 1.46. The lowest BCUT2D eigenvalue weighted by molar-refractivity contribution is -0.140. The number of carbonyl (C=O) groups excluding carboxylic acids is 3. The largest absolute Gasteiger partial charge is 0.324 e. The van der Waals surface area contributed by atoms with Crippen LogP contribution in [-0.4, -0.2) is 34.7 Å². The first-order valence-corrected chi connectivity index (χ1v) is 8.94. The number of fused-ring (bicyclic) bond motifs is 2. The average molecular weight is 351 g/mol. The van der Waals surface area contributed by atoms with E-state index in [1.54, 1.807) is 6.20 Å². The summed E-state index contributed by atoms with van der Waals surface area (Å²) >= 11 is 0. The molecule has 26 heavy (non-hydrogen) atoms. The van der Waals surface area contributed by atoms with Gasteiger partial charge in [-0.1, -0.05) is 25.1 Å². The van der Waals surface area contributed by atoms with Crippen LogP contribution < -0.4 is 5.32 Å². The van der Waals surface area contributed by atoms with Crippen LogP contribution in [0.25, 0.3) is 10.9 Å². The molecule has 2 aromatic rings. The Balaban J connectivity index is 1.61. The van der Waals surface area contributed by atoms with Gasteiger partial charge in [0.05, 0.1) is 35.2 Å². The molecule has 0 unspecified atom stereocenters. The fourth-order valence-electron chi connectivity index (χ4n) is 4.38. The molecule has 4 rings (SSSR count). The lowest BCUT2D eigenvalue weighted by Crippen LogP contribution is -2.43. The molecule has 4 atom stereocenters. The zero-order chi connectivity index (χ0) is 18.4. The van der Waals surface area contributed by atoms with E-state index in [1.807, 2.05) is 37.3 Å². The predicted octanol–water partition coefficient (Wildman–Crippen LogP) is 2.45. The van der Waals surface area contributed by atoms with Gasteiger partial charge < -0.3 is 5.32 Å². The van der Waals surface area contributed by atoms with Crippen molar-refractivity contribution < 1.29 is 14.4 Å². The number of para-hydroxylation sites is 1. The molecule has 2 fully saturated rings. The van der Waals surface area contributed by atoms with Gasteiger partial charge in [0.2, 0.25) is 17.7 Å². The number of hydrogen-bond donors (Lipinski definition) is 1. The summed E-state index contributed by atoms with van der Waals surface area (Å²) in [5, 5.41) is 3.85. The number of pyridine rings is 1. The predicted molar refractivity (Wildman–Crippen MR) is 97.0 cm³/mol. The quantitative estimate of drug-likeness (QED) is 0.843. The van der Waals surface area contributed by atoms with E-state index in [0.29, 0.717) is 12.1 Å². The molecule has 1 aliphatic carbocycles. The standard InChI is InChI=1S/C20H21N3O3/c1-11-7-8-14-17(20(26)23(2)19(14)25)16(11)18(24)22-13-9-12-5-3-4-6-15(12)21-10-13/h3-6,9-11,14,16-17H,7-8H2,1-2H3,(H,22,24)/t11-,14+,16+,17-/m1/s1. The van der Waals surface area contributed by atoms with Crippen LogP contribution in [0.15, 0.2) is 36.5 Å². The normalized spacial score (nSPS) is 28.3. The maximum atomic E-state index is 13.0. The second kappa shape index (κ2) is 6.20. The van der Waals surface area contributed by atoms with E-state index in [0.717, 1.165) is 17.3 Å². The van der Waals surface area contributed by atoms with Gasteiger partial charge in [-0.3, -0.25) is 24.3 Å². The molecule has 1 aliphatic heterocycles. The summed E-state index contributed by atoms with van der Waals surface area (Å²) in [6, 6.07) is 9.55. The van der Waals surface area contributed by atoms with Crippen molar-refractivity contribution in [2.24, 2.45) is 23.7 Å². The third-order valence-electron chi connectivity index (χ3n) is 5.79. The van der Waals surface area contributed by atoms with E-state index in [4.69, 9.17) is 0 Å². The van der Waals surface area contributed by atoms with E-state index in [-0.39, 0.29) is 29.6 Å². The molecule has 0 bridgehead atoms. The summed E-state index contributed by atoms with van der Waals surface area (Å²) in [5.74, 6) is -1.96. The maximum absolute atomic E-state index is 13.0. The van der Waals surface area contributed by atoms with Crippen molar-refractivity contribution >= 4 is 34.3 Å². The van der Waals surface area contributed by atoms with E-state index in [9.17, 15) is 14.4 Å². The number of benzene rings is 1. The molecule has 0 radical (unpaired) electrons. The molecule has 2 heterocycles. The third-order valence-corrected chi connectivity index (χ3v) is 5.79. The second-order valence-electron chi connectivity index (χ2n) is 7.35. The molecular weight excluding hydrogens is 330 g/mol. The SMILES string of the molecule is C[C@@H]1CC[C@@H]2C(=O)N(C)C(=O)[C@H]2[C@H]1C(=O)Nc1cnc2ccccc2c1. The second-order valence-corrected chi connectivity index (χ2v) is 7.35. The first-order valence-electron chi connectivity index (χ1n) is 8.94. The van der Waals surface area contributed by atoms with Crippen LogP contribution in [0.2, 0.25) is 0 Å². The van der Waals surface area contributed by atoms with Crippen LogP contribution in [0.1, 0.15) is 19.8 Å². The number of nitrogens with zero attached hydrogens (tertiary/aromatic N) is 2. The number of likely N-dealkylation sites (tertiary alicyclic amines) is 1. The van der Waals surface area contributed by atoms with Crippen LogP contribution in [0, 0.1) is 23.7 Å². The van der Waals surface area contributed by atoms with Gasteiger partial charge >= 0.3 is 0 Å². The summed E-state index contributed by atoms with van der Waals surface area (Å²) in [7, 11) is 1.51. The molecule has 0 spiro atoms. The van der Waals surface area contributed by atoms with E-state index in [2.05, 4.69) is 10.3 Å². The van der Waals surface area contributed by atoms with Crippen LogP contribution >= 0.6 is 0 Å². The number of aromatic nitrogens is 1. The highest BCUT2D eigenvalue weighted by Crippen LogP contribution is 2.44. The van der Waals surface area contributed by atoms with Crippen molar-refractivity contribution in [3.63, 3.8) is 0 Å². The summed E-state index contributed by atoms with van der Waals surface area (Å²) in [4.78, 5) is 43.4. The van der Waals surface area contributed by atoms with Crippen LogP contribution in [0.3, 0.4) is 0 Å². The van der Waals surface area contributed by atoms with E-state index < -0.39 is 11.8 Å². The zero-order valence-electron chi connectivity index (χ0n) is 14.8. The Labute approximate surface area is 151 Å². The monoisotopic (exact) mass is 351 g/mol. The Morgan fingerprint density at radius 1 is 1.19 bits per heavy atom. The van der Waals surface area contributed by atoms with Crippen LogP contribution in [0.4, 0.5) is 5.69 Å². The summed E-state index contributed by atoms with van der Waals surface area (Å²) < 4.78 is 0. The molecule has 1 saturated carbocycles. The highest BCUT2D eigenvalue weighted by Gasteiger charge is 2.54. The minimum Gasteiger partial charge on any atom is -0.324 e. The van der Waals surface area contributed by atoms with Crippen molar-refractivity contribution in [1.29, 1.82) is 0 Å². The molecule has 3 amide bonds. The van der Waals surface area contributed by atoms with Crippen molar-refractivity contribution in [3.8, 4) is 0 Å². The minimum atomic E-state index is -0.551. The fourth-order valence-corrected chi connectivity index (χ4v) is 4.38. The van der Waals surface area contributed by atoms with Crippen molar-refractivity contribution in [3.05, 3.63) is 36.5 Å². The first-order chi connectivity index (χ1) is 12.5. The molecule has 134 valence electrons. The Morgan fingerprint density at radius 2 is 1.96 bits per heavy atom. The molecule has 6 heteroatoms. The molecule has 1 aromatic heterocycles. The minimum absolute atomic E-state index is 0.0490. The van der Waals surface area contributed by atoms with Crippen LogP contribution in [-0.2, 0) is 14.4 Å². The fraction of sp³-hybridized carbons (Fsp3) is 0.400. The number of hydrogen-bond acceptors (Lipinski definition) is 4. The van der Waals surface area contributed by atoms with Crippen molar-refractivity contribution in [2.75, 3.05) is 12.4 Å². The summed E-state index contributed by atoms with van der Waals surface area (Å²) in [6.45, 7) is 1.98. The number of amides is 3. The zero-order valence-corrected chi connectivity index (χ0v) is 14.8. The topological polar surface area (TPSA) is 79.4 Å². The number of imide groups is 1. The molecule has 6 nitrogen and oxygen atoms in total.